The maximum Gasteiger partial charge on any atom is 0.414 e. The van der Waals surface area contributed by atoms with Crippen LogP contribution in [0.2, 0.25) is 18.1 Å². The van der Waals surface area contributed by atoms with Gasteiger partial charge in [-0.2, -0.15) is 0 Å². The number of ether oxygens (including phenoxy) is 1. The van der Waals surface area contributed by atoms with E-state index in [1.165, 1.54) is 17.9 Å². The highest BCUT2D eigenvalue weighted by Gasteiger charge is 2.40. The molecule has 1 atom stereocenters. The summed E-state index contributed by atoms with van der Waals surface area (Å²) < 4.78 is 26.9. The van der Waals surface area contributed by atoms with Crippen molar-refractivity contribution in [2.45, 2.75) is 89.6 Å². The van der Waals surface area contributed by atoms with Gasteiger partial charge in [0.25, 0.3) is 0 Å². The molecular weight excluding hydrogens is 427 g/mol. The van der Waals surface area contributed by atoms with Gasteiger partial charge in [0, 0.05) is 13.0 Å². The summed E-state index contributed by atoms with van der Waals surface area (Å²) >= 11 is 0. The quantitative estimate of drug-likeness (QED) is 0.578. The molecule has 2 aliphatic rings. The van der Waals surface area contributed by atoms with Gasteiger partial charge in [-0.25, -0.2) is 9.18 Å². The Bertz CT molecular complexity index is 847. The van der Waals surface area contributed by atoms with Crippen LogP contribution in [0.3, 0.4) is 0 Å². The van der Waals surface area contributed by atoms with Crippen LogP contribution in [-0.4, -0.2) is 45.6 Å². The molecule has 0 aromatic heterocycles. The van der Waals surface area contributed by atoms with Gasteiger partial charge in [0.15, 0.2) is 8.32 Å². The standard InChI is InChI=1S/C24H37FN2O4Si/c1-16(28)26-14-20-15-27(23(29)30-20)18-9-12-21(22(25)13-18)17-7-10-19(11-8-17)31-32(5,6)24(2,3)4/h9,12-13,17,19-20H,7-8,10-11,14-15H2,1-6H3,(H,26,28)/t17?,19?,20-/m0/s1. The first-order valence-corrected chi connectivity index (χ1v) is 14.5. The van der Waals surface area contributed by atoms with Crippen LogP contribution in [0.15, 0.2) is 18.2 Å². The number of rotatable bonds is 6. The van der Waals surface area contributed by atoms with Gasteiger partial charge in [-0.3, -0.25) is 9.69 Å². The first kappa shape index (κ1) is 24.7. The SMILES string of the molecule is CC(=O)NC[C@H]1CN(c2ccc(C3CCC(O[Si](C)(C)C(C)(C)C)CC3)c(F)c2)C(=O)O1. The number of benzene rings is 1. The predicted octanol–water partition coefficient (Wildman–Crippen LogP) is 5.34. The first-order valence-electron chi connectivity index (χ1n) is 11.6. The summed E-state index contributed by atoms with van der Waals surface area (Å²) in [6, 6.07) is 5.02. The Kier molecular flexibility index (Phi) is 7.34. The fourth-order valence-corrected chi connectivity index (χ4v) is 5.62. The number of carbonyl (C=O) groups excluding carboxylic acids is 2. The summed E-state index contributed by atoms with van der Waals surface area (Å²) in [7, 11) is -1.80. The topological polar surface area (TPSA) is 67.9 Å². The maximum absolute atomic E-state index is 15.0. The Balaban J connectivity index is 1.59. The minimum absolute atomic E-state index is 0.168. The predicted molar refractivity (Wildman–Crippen MR) is 126 cm³/mol. The average molecular weight is 465 g/mol. The Labute approximate surface area is 192 Å². The van der Waals surface area contributed by atoms with Crippen LogP contribution in [0.25, 0.3) is 0 Å². The van der Waals surface area contributed by atoms with E-state index in [9.17, 15) is 9.59 Å². The van der Waals surface area contributed by atoms with Crippen LogP contribution >= 0.6 is 0 Å². The van der Waals surface area contributed by atoms with E-state index >= 15 is 4.39 Å². The second-order valence-electron chi connectivity index (χ2n) is 10.6. The van der Waals surface area contributed by atoms with Crippen LogP contribution in [0.5, 0.6) is 0 Å². The molecule has 0 bridgehead atoms. The maximum atomic E-state index is 15.0. The van der Waals surface area contributed by atoms with Crippen LogP contribution in [0, 0.1) is 5.82 Å². The molecule has 1 aromatic rings. The van der Waals surface area contributed by atoms with Crippen molar-refractivity contribution in [2.75, 3.05) is 18.0 Å². The molecule has 3 rings (SSSR count). The molecule has 8 heteroatoms. The molecule has 178 valence electrons. The van der Waals surface area contributed by atoms with Crippen molar-refractivity contribution in [3.05, 3.63) is 29.6 Å². The molecule has 1 aromatic carbocycles. The van der Waals surface area contributed by atoms with E-state index in [1.807, 2.05) is 0 Å². The van der Waals surface area contributed by atoms with Crippen LogP contribution in [0.4, 0.5) is 14.9 Å². The molecule has 1 saturated carbocycles. The summed E-state index contributed by atoms with van der Waals surface area (Å²) in [5.74, 6) is -0.296. The van der Waals surface area contributed by atoms with Crippen LogP contribution in [-0.2, 0) is 14.0 Å². The number of nitrogens with one attached hydrogen (secondary N) is 1. The Morgan fingerprint density at radius 2 is 1.91 bits per heavy atom. The lowest BCUT2D eigenvalue weighted by Gasteiger charge is -2.41. The van der Waals surface area contributed by atoms with Crippen molar-refractivity contribution < 1.29 is 23.1 Å². The lowest BCUT2D eigenvalue weighted by Crippen LogP contribution is -2.44. The summed E-state index contributed by atoms with van der Waals surface area (Å²) in [5.41, 5.74) is 1.19. The number of halogens is 1. The van der Waals surface area contributed by atoms with Crippen LogP contribution in [0.1, 0.15) is 64.9 Å². The number of nitrogens with zero attached hydrogens (tertiary/aromatic N) is 1. The fraction of sp³-hybridized carbons (Fsp3) is 0.667. The second kappa shape index (κ2) is 9.51. The highest BCUT2D eigenvalue weighted by molar-refractivity contribution is 6.74. The molecule has 2 fully saturated rings. The van der Waals surface area contributed by atoms with E-state index in [2.05, 4.69) is 39.2 Å². The van der Waals surface area contributed by atoms with Crippen LogP contribution < -0.4 is 10.2 Å². The molecule has 1 aliphatic carbocycles. The summed E-state index contributed by atoms with van der Waals surface area (Å²) in [5, 5.41) is 2.83. The third kappa shape index (κ3) is 5.70. The third-order valence-electron chi connectivity index (χ3n) is 7.13. The van der Waals surface area contributed by atoms with Crippen molar-refractivity contribution in [1.29, 1.82) is 0 Å². The van der Waals surface area contributed by atoms with E-state index in [0.717, 1.165) is 25.7 Å². The molecule has 1 N–H and O–H groups in total. The lowest BCUT2D eigenvalue weighted by atomic mass is 9.82. The fourth-order valence-electron chi connectivity index (χ4n) is 4.20. The summed E-state index contributed by atoms with van der Waals surface area (Å²) in [6.45, 7) is 13.3. The molecular formula is C24H37FN2O4Si. The second-order valence-corrected chi connectivity index (χ2v) is 15.4. The van der Waals surface area contributed by atoms with E-state index in [0.29, 0.717) is 11.3 Å². The van der Waals surface area contributed by atoms with E-state index in [4.69, 9.17) is 9.16 Å². The van der Waals surface area contributed by atoms with Crippen molar-refractivity contribution in [3.63, 3.8) is 0 Å². The van der Waals surface area contributed by atoms with Gasteiger partial charge in [-0.1, -0.05) is 26.8 Å². The van der Waals surface area contributed by atoms with Crippen molar-refractivity contribution in [3.8, 4) is 0 Å². The van der Waals surface area contributed by atoms with Gasteiger partial charge in [-0.05, 0) is 67.4 Å². The monoisotopic (exact) mass is 464 g/mol. The van der Waals surface area contributed by atoms with Crippen molar-refractivity contribution in [2.24, 2.45) is 0 Å². The average Bonchev–Trinajstić information content (AvgIpc) is 3.06. The molecule has 1 saturated heterocycles. The molecule has 6 nitrogen and oxygen atoms in total. The van der Waals surface area contributed by atoms with Gasteiger partial charge in [0.05, 0.1) is 18.8 Å². The molecule has 1 aliphatic heterocycles. The smallest absolute Gasteiger partial charge is 0.414 e. The Morgan fingerprint density at radius 1 is 1.25 bits per heavy atom. The van der Waals surface area contributed by atoms with Gasteiger partial charge in [-0.15, -0.1) is 0 Å². The highest BCUT2D eigenvalue weighted by atomic mass is 28.4. The zero-order chi connectivity index (χ0) is 23.7. The molecule has 32 heavy (non-hydrogen) atoms. The van der Waals surface area contributed by atoms with Gasteiger partial charge in [0.2, 0.25) is 5.91 Å². The van der Waals surface area contributed by atoms with Gasteiger partial charge >= 0.3 is 6.09 Å². The summed E-state index contributed by atoms with van der Waals surface area (Å²) in [4.78, 5) is 24.7. The highest BCUT2D eigenvalue weighted by Crippen LogP contribution is 2.42. The number of carbonyl (C=O) groups is 2. The molecule has 0 radical (unpaired) electrons. The normalized spacial score (nSPS) is 24.4. The Hall–Kier alpha value is -1.93. The number of cyclic esters (lactones) is 1. The number of hydrogen-bond acceptors (Lipinski definition) is 4. The van der Waals surface area contributed by atoms with E-state index in [-0.39, 0.29) is 41.9 Å². The van der Waals surface area contributed by atoms with Gasteiger partial charge in [0.1, 0.15) is 11.9 Å². The van der Waals surface area contributed by atoms with E-state index in [1.54, 1.807) is 12.1 Å². The molecule has 1 heterocycles. The zero-order valence-electron chi connectivity index (χ0n) is 20.2. The van der Waals surface area contributed by atoms with Crippen molar-refractivity contribution in [1.82, 2.24) is 5.32 Å². The van der Waals surface area contributed by atoms with Gasteiger partial charge < -0.3 is 14.5 Å². The first-order chi connectivity index (χ1) is 14.9. The number of amides is 2. The minimum Gasteiger partial charge on any atom is -0.442 e. The Morgan fingerprint density at radius 3 is 2.47 bits per heavy atom. The lowest BCUT2D eigenvalue weighted by molar-refractivity contribution is -0.119. The molecule has 0 unspecified atom stereocenters. The minimum atomic E-state index is -1.80. The molecule has 0 spiro atoms. The number of hydrogen-bond donors (Lipinski definition) is 1. The third-order valence-corrected chi connectivity index (χ3v) is 11.7. The zero-order valence-corrected chi connectivity index (χ0v) is 21.2. The van der Waals surface area contributed by atoms with E-state index < -0.39 is 20.5 Å². The number of anilines is 1. The largest absolute Gasteiger partial charge is 0.442 e. The van der Waals surface area contributed by atoms with Crippen molar-refractivity contribution >= 4 is 26.0 Å². The molecule has 2 amide bonds. The summed E-state index contributed by atoms with van der Waals surface area (Å²) in [6.07, 6.45) is 3.00.